The summed E-state index contributed by atoms with van der Waals surface area (Å²) in [4.78, 5) is 25.8. The Hall–Kier alpha value is -2.59. The molecule has 2 aromatic carbocycles. The molecular weight excluding hydrogens is 302 g/mol. The average molecular weight is 314 g/mol. The van der Waals surface area contributed by atoms with Crippen LogP contribution in [0, 0.1) is 0 Å². The second-order valence-corrected chi connectivity index (χ2v) is 5.18. The Kier molecular flexibility index (Phi) is 3.69. The summed E-state index contributed by atoms with van der Waals surface area (Å²) in [5.41, 5.74) is 1.53. The number of benzene rings is 2. The molecule has 110 valence electrons. The van der Waals surface area contributed by atoms with Gasteiger partial charge in [0.05, 0.1) is 18.4 Å². The van der Waals surface area contributed by atoms with Gasteiger partial charge in [0.2, 0.25) is 0 Å². The van der Waals surface area contributed by atoms with Crippen LogP contribution >= 0.6 is 11.6 Å². The third kappa shape index (κ3) is 2.49. The molecule has 1 heterocycles. The van der Waals surface area contributed by atoms with E-state index in [9.17, 15) is 9.59 Å². The zero-order valence-electron chi connectivity index (χ0n) is 11.7. The van der Waals surface area contributed by atoms with Crippen molar-refractivity contribution in [2.75, 3.05) is 12.0 Å². The third-order valence-electron chi connectivity index (χ3n) is 3.41. The monoisotopic (exact) mass is 313 g/mol. The predicted molar refractivity (Wildman–Crippen MR) is 84.9 cm³/mol. The molecule has 2 amide bonds. The molecule has 0 saturated heterocycles. The van der Waals surface area contributed by atoms with Gasteiger partial charge in [-0.1, -0.05) is 23.7 Å². The fourth-order valence-electron chi connectivity index (χ4n) is 2.28. The number of amides is 2. The smallest absolute Gasteiger partial charge is 0.266 e. The quantitative estimate of drug-likeness (QED) is 0.817. The molecule has 5 heteroatoms. The molecule has 22 heavy (non-hydrogen) atoms. The van der Waals surface area contributed by atoms with Crippen molar-refractivity contribution in [3.05, 3.63) is 65.2 Å². The van der Waals surface area contributed by atoms with Crippen LogP contribution in [0.3, 0.4) is 0 Å². The van der Waals surface area contributed by atoms with Gasteiger partial charge in [0, 0.05) is 11.1 Å². The Morgan fingerprint density at radius 2 is 1.59 bits per heavy atom. The molecule has 0 aromatic heterocycles. The highest BCUT2D eigenvalue weighted by molar-refractivity contribution is 6.43. The van der Waals surface area contributed by atoms with Gasteiger partial charge in [-0.25, -0.2) is 4.90 Å². The van der Waals surface area contributed by atoms with Crippen LogP contribution in [0.25, 0.3) is 5.57 Å². The normalized spacial score (nSPS) is 14.3. The van der Waals surface area contributed by atoms with E-state index < -0.39 is 0 Å². The minimum atomic E-state index is -0.361. The minimum absolute atomic E-state index is 0.350. The first-order valence-corrected chi connectivity index (χ1v) is 6.98. The summed E-state index contributed by atoms with van der Waals surface area (Å²) in [6.07, 6.45) is 1.34. The molecule has 0 aliphatic carbocycles. The van der Waals surface area contributed by atoms with E-state index in [1.807, 2.05) is 0 Å². The summed E-state index contributed by atoms with van der Waals surface area (Å²) in [5.74, 6) is -0.0497. The molecule has 0 saturated carbocycles. The molecule has 0 unspecified atom stereocenters. The number of nitrogens with zero attached hydrogens (tertiary/aromatic N) is 1. The third-order valence-corrected chi connectivity index (χ3v) is 3.66. The summed E-state index contributed by atoms with van der Waals surface area (Å²) in [6.45, 7) is 0. The maximum absolute atomic E-state index is 12.5. The largest absolute Gasteiger partial charge is 0.497 e. The molecule has 0 N–H and O–H groups in total. The number of rotatable bonds is 3. The lowest BCUT2D eigenvalue weighted by atomic mass is 10.1. The summed E-state index contributed by atoms with van der Waals surface area (Å²) in [6, 6.07) is 13.6. The zero-order chi connectivity index (χ0) is 15.7. The highest BCUT2D eigenvalue weighted by atomic mass is 35.5. The van der Waals surface area contributed by atoms with Gasteiger partial charge in [0.25, 0.3) is 11.8 Å². The lowest BCUT2D eigenvalue weighted by molar-refractivity contribution is -0.119. The first-order valence-electron chi connectivity index (χ1n) is 6.60. The molecule has 4 nitrogen and oxygen atoms in total. The number of anilines is 1. The number of carbonyl (C=O) groups is 2. The Balaban J connectivity index is 1.92. The number of halogens is 1. The van der Waals surface area contributed by atoms with Crippen LogP contribution in [0.1, 0.15) is 5.56 Å². The summed E-state index contributed by atoms with van der Waals surface area (Å²) >= 11 is 5.84. The van der Waals surface area contributed by atoms with Gasteiger partial charge in [-0.3, -0.25) is 9.59 Å². The van der Waals surface area contributed by atoms with Gasteiger partial charge < -0.3 is 4.74 Å². The Labute approximate surface area is 132 Å². The van der Waals surface area contributed by atoms with Gasteiger partial charge in [0.15, 0.2) is 0 Å². The lowest BCUT2D eigenvalue weighted by Gasteiger charge is -2.15. The molecular formula is C17H12ClNO3. The number of ether oxygens (including phenoxy) is 1. The van der Waals surface area contributed by atoms with Gasteiger partial charge in [-0.15, -0.1) is 0 Å². The molecule has 0 bridgehead atoms. The van der Waals surface area contributed by atoms with Gasteiger partial charge >= 0.3 is 0 Å². The highest BCUT2D eigenvalue weighted by Crippen LogP contribution is 2.29. The molecule has 0 radical (unpaired) electrons. The molecule has 0 fully saturated rings. The first kappa shape index (κ1) is 14.4. The van der Waals surface area contributed by atoms with Crippen LogP contribution in [0.5, 0.6) is 5.75 Å². The van der Waals surface area contributed by atoms with Crippen LogP contribution < -0.4 is 9.64 Å². The van der Waals surface area contributed by atoms with Crippen LogP contribution in [0.2, 0.25) is 5.02 Å². The molecule has 0 atom stereocenters. The Morgan fingerprint density at radius 1 is 0.955 bits per heavy atom. The van der Waals surface area contributed by atoms with E-state index in [0.29, 0.717) is 27.6 Å². The molecule has 3 rings (SSSR count). The average Bonchev–Trinajstić information content (AvgIpc) is 2.83. The van der Waals surface area contributed by atoms with E-state index >= 15 is 0 Å². The van der Waals surface area contributed by atoms with Crippen molar-refractivity contribution >= 4 is 34.7 Å². The van der Waals surface area contributed by atoms with Gasteiger partial charge in [-0.05, 0) is 42.0 Å². The van der Waals surface area contributed by atoms with E-state index in [2.05, 4.69) is 0 Å². The number of hydrogen-bond acceptors (Lipinski definition) is 3. The lowest BCUT2D eigenvalue weighted by Crippen LogP contribution is -2.30. The Bertz CT molecular complexity index is 763. The van der Waals surface area contributed by atoms with Crippen LogP contribution in [-0.2, 0) is 9.59 Å². The molecule has 2 aromatic rings. The van der Waals surface area contributed by atoms with Crippen molar-refractivity contribution in [2.45, 2.75) is 0 Å². The Morgan fingerprint density at radius 3 is 2.18 bits per heavy atom. The number of imide groups is 1. The number of hydrogen-bond donors (Lipinski definition) is 0. The van der Waals surface area contributed by atoms with Crippen molar-refractivity contribution < 1.29 is 14.3 Å². The van der Waals surface area contributed by atoms with Gasteiger partial charge in [0.1, 0.15) is 5.75 Å². The highest BCUT2D eigenvalue weighted by Gasteiger charge is 2.32. The second-order valence-electron chi connectivity index (χ2n) is 4.74. The van der Waals surface area contributed by atoms with E-state index in [1.165, 1.54) is 6.08 Å². The van der Waals surface area contributed by atoms with Crippen molar-refractivity contribution in [3.8, 4) is 5.75 Å². The maximum atomic E-state index is 12.5. The predicted octanol–water partition coefficient (Wildman–Crippen LogP) is 3.31. The van der Waals surface area contributed by atoms with Crippen molar-refractivity contribution in [2.24, 2.45) is 0 Å². The second kappa shape index (κ2) is 5.66. The summed E-state index contributed by atoms with van der Waals surface area (Å²) in [5, 5.41) is 0.577. The number of carbonyl (C=O) groups excluding carboxylic acids is 2. The van der Waals surface area contributed by atoms with E-state index in [0.717, 1.165) is 4.90 Å². The van der Waals surface area contributed by atoms with Crippen LogP contribution in [0.15, 0.2) is 54.6 Å². The fourth-order valence-corrected chi connectivity index (χ4v) is 2.41. The topological polar surface area (TPSA) is 46.6 Å². The maximum Gasteiger partial charge on any atom is 0.266 e. The standard InChI is InChI=1S/C17H12ClNO3/c1-22-14-8-6-13(7-9-14)19-16(20)10-15(17(19)21)11-2-4-12(18)5-3-11/h2-10H,1H3. The van der Waals surface area contributed by atoms with E-state index in [-0.39, 0.29) is 11.8 Å². The van der Waals surface area contributed by atoms with E-state index in [4.69, 9.17) is 16.3 Å². The van der Waals surface area contributed by atoms with Crippen molar-refractivity contribution in [1.29, 1.82) is 0 Å². The van der Waals surface area contributed by atoms with Gasteiger partial charge in [-0.2, -0.15) is 0 Å². The fraction of sp³-hybridized carbons (Fsp3) is 0.0588. The van der Waals surface area contributed by atoms with Crippen LogP contribution in [0.4, 0.5) is 5.69 Å². The SMILES string of the molecule is COc1ccc(N2C(=O)C=C(c3ccc(Cl)cc3)C2=O)cc1. The van der Waals surface area contributed by atoms with Crippen LogP contribution in [-0.4, -0.2) is 18.9 Å². The molecule has 1 aliphatic heterocycles. The molecule has 0 spiro atoms. The zero-order valence-corrected chi connectivity index (χ0v) is 12.5. The molecule has 1 aliphatic rings. The number of methoxy groups -OCH3 is 1. The first-order chi connectivity index (χ1) is 10.6. The summed E-state index contributed by atoms with van der Waals surface area (Å²) < 4.78 is 5.07. The van der Waals surface area contributed by atoms with E-state index in [1.54, 1.807) is 55.6 Å². The van der Waals surface area contributed by atoms with Crippen molar-refractivity contribution in [3.63, 3.8) is 0 Å². The summed E-state index contributed by atoms with van der Waals surface area (Å²) in [7, 11) is 1.56. The van der Waals surface area contributed by atoms with Crippen molar-refractivity contribution in [1.82, 2.24) is 0 Å². The minimum Gasteiger partial charge on any atom is -0.497 e.